The number of carbonyl (C=O) groups is 1. The quantitative estimate of drug-likeness (QED) is 0.656. The minimum absolute atomic E-state index is 0.0522. The predicted octanol–water partition coefficient (Wildman–Crippen LogP) is 2.50. The maximum absolute atomic E-state index is 13.0. The van der Waals surface area contributed by atoms with Gasteiger partial charge in [0.05, 0.1) is 32.4 Å². The fraction of sp³-hybridized carbons (Fsp3) is 0.350. The van der Waals surface area contributed by atoms with Crippen LogP contribution in [-0.2, 0) is 26.0 Å². The van der Waals surface area contributed by atoms with Crippen LogP contribution >= 0.6 is 0 Å². The van der Waals surface area contributed by atoms with Gasteiger partial charge in [0.1, 0.15) is 16.4 Å². The van der Waals surface area contributed by atoms with Crippen molar-refractivity contribution in [2.45, 2.75) is 17.9 Å². The SMILES string of the molecule is COc1ccc(CC(=O)Nc2ccccc2OC(F)F)cc1S(=O)(=O)N1CCOCC1. The van der Waals surface area contributed by atoms with E-state index in [-0.39, 0.29) is 41.6 Å². The van der Waals surface area contributed by atoms with Crippen molar-refractivity contribution in [3.63, 3.8) is 0 Å². The first-order valence-corrected chi connectivity index (χ1v) is 10.8. The first-order valence-electron chi connectivity index (χ1n) is 9.40. The molecular formula is C20H22F2N2O6S. The van der Waals surface area contributed by atoms with E-state index in [2.05, 4.69) is 10.1 Å². The lowest BCUT2D eigenvalue weighted by Gasteiger charge is -2.26. The highest BCUT2D eigenvalue weighted by Crippen LogP contribution is 2.29. The number of anilines is 1. The van der Waals surface area contributed by atoms with Crippen molar-refractivity contribution < 1.29 is 36.2 Å². The second-order valence-electron chi connectivity index (χ2n) is 6.60. The van der Waals surface area contributed by atoms with E-state index in [0.717, 1.165) is 0 Å². The summed E-state index contributed by atoms with van der Waals surface area (Å²) in [5, 5.41) is 2.51. The number of hydrogen-bond acceptors (Lipinski definition) is 6. The number of rotatable bonds is 8. The Kier molecular flexibility index (Phi) is 7.42. The monoisotopic (exact) mass is 456 g/mol. The molecule has 1 saturated heterocycles. The molecule has 1 amide bonds. The fourth-order valence-electron chi connectivity index (χ4n) is 3.11. The Morgan fingerprint density at radius 1 is 1.16 bits per heavy atom. The molecule has 0 aliphatic carbocycles. The van der Waals surface area contributed by atoms with E-state index in [9.17, 15) is 22.0 Å². The molecule has 168 valence electrons. The number of ether oxygens (including phenoxy) is 3. The number of nitrogens with one attached hydrogen (secondary N) is 1. The number of nitrogens with zero attached hydrogens (tertiary/aromatic N) is 1. The highest BCUT2D eigenvalue weighted by molar-refractivity contribution is 7.89. The van der Waals surface area contributed by atoms with Crippen LogP contribution in [0.5, 0.6) is 11.5 Å². The van der Waals surface area contributed by atoms with Gasteiger partial charge in [-0.1, -0.05) is 18.2 Å². The summed E-state index contributed by atoms with van der Waals surface area (Å²) in [5.74, 6) is -0.535. The molecule has 3 rings (SSSR count). The summed E-state index contributed by atoms with van der Waals surface area (Å²) in [5.41, 5.74) is 0.500. The van der Waals surface area contributed by atoms with Gasteiger partial charge in [-0.25, -0.2) is 8.42 Å². The van der Waals surface area contributed by atoms with E-state index in [1.807, 2.05) is 0 Å². The molecule has 1 fully saturated rings. The highest BCUT2D eigenvalue weighted by atomic mass is 32.2. The van der Waals surface area contributed by atoms with Crippen LogP contribution in [0.1, 0.15) is 5.56 Å². The average molecular weight is 456 g/mol. The smallest absolute Gasteiger partial charge is 0.387 e. The van der Waals surface area contributed by atoms with Crippen LogP contribution < -0.4 is 14.8 Å². The van der Waals surface area contributed by atoms with Crippen LogP contribution in [0.4, 0.5) is 14.5 Å². The fourth-order valence-corrected chi connectivity index (χ4v) is 4.72. The summed E-state index contributed by atoms with van der Waals surface area (Å²) >= 11 is 0. The molecule has 0 atom stereocenters. The molecule has 2 aromatic rings. The number of benzene rings is 2. The van der Waals surface area contributed by atoms with Gasteiger partial charge in [-0.15, -0.1) is 0 Å². The Balaban J connectivity index is 1.80. The van der Waals surface area contributed by atoms with Crippen LogP contribution in [0.2, 0.25) is 0 Å². The summed E-state index contributed by atoms with van der Waals surface area (Å²) in [6, 6.07) is 10.2. The molecule has 0 radical (unpaired) electrons. The van der Waals surface area contributed by atoms with Gasteiger partial charge < -0.3 is 19.5 Å². The Labute approximate surface area is 178 Å². The lowest BCUT2D eigenvalue weighted by atomic mass is 10.1. The number of sulfonamides is 1. The summed E-state index contributed by atoms with van der Waals surface area (Å²) < 4.78 is 67.3. The maximum Gasteiger partial charge on any atom is 0.387 e. The van der Waals surface area contributed by atoms with Crippen LogP contribution in [0.25, 0.3) is 0 Å². The highest BCUT2D eigenvalue weighted by Gasteiger charge is 2.29. The van der Waals surface area contributed by atoms with Gasteiger partial charge in [-0.05, 0) is 29.8 Å². The molecule has 0 spiro atoms. The van der Waals surface area contributed by atoms with Crippen molar-refractivity contribution in [3.8, 4) is 11.5 Å². The molecule has 1 N–H and O–H groups in total. The van der Waals surface area contributed by atoms with Gasteiger partial charge in [0.25, 0.3) is 0 Å². The topological polar surface area (TPSA) is 94.2 Å². The molecule has 0 bridgehead atoms. The minimum Gasteiger partial charge on any atom is -0.495 e. The molecule has 8 nitrogen and oxygen atoms in total. The Bertz CT molecular complexity index is 1030. The van der Waals surface area contributed by atoms with Crippen LogP contribution in [-0.4, -0.2) is 58.7 Å². The average Bonchev–Trinajstić information content (AvgIpc) is 2.75. The number of halogens is 2. The molecule has 2 aromatic carbocycles. The Hall–Kier alpha value is -2.76. The van der Waals surface area contributed by atoms with Crippen LogP contribution in [0, 0.1) is 0 Å². The molecule has 1 aliphatic rings. The van der Waals surface area contributed by atoms with Gasteiger partial charge in [0.15, 0.2) is 0 Å². The van der Waals surface area contributed by atoms with Crippen molar-refractivity contribution in [1.82, 2.24) is 4.31 Å². The largest absolute Gasteiger partial charge is 0.495 e. The molecular weight excluding hydrogens is 434 g/mol. The van der Waals surface area contributed by atoms with Gasteiger partial charge in [0, 0.05) is 13.1 Å². The van der Waals surface area contributed by atoms with E-state index in [1.54, 1.807) is 12.1 Å². The molecule has 0 saturated carbocycles. The van der Waals surface area contributed by atoms with E-state index < -0.39 is 22.5 Å². The van der Waals surface area contributed by atoms with Gasteiger partial charge in [0.2, 0.25) is 15.9 Å². The number of carbonyl (C=O) groups excluding carboxylic acids is 1. The van der Waals surface area contributed by atoms with Crippen LogP contribution in [0.3, 0.4) is 0 Å². The van der Waals surface area contributed by atoms with E-state index in [4.69, 9.17) is 9.47 Å². The molecule has 1 aliphatic heterocycles. The summed E-state index contributed by atoms with van der Waals surface area (Å²) in [4.78, 5) is 12.4. The van der Waals surface area contributed by atoms with Gasteiger partial charge in [-0.3, -0.25) is 4.79 Å². The predicted molar refractivity (Wildman–Crippen MR) is 108 cm³/mol. The first-order chi connectivity index (χ1) is 14.8. The van der Waals surface area contributed by atoms with Crippen LogP contribution in [0.15, 0.2) is 47.4 Å². The first kappa shape index (κ1) is 22.9. The molecule has 0 aromatic heterocycles. The number of hydrogen-bond donors (Lipinski definition) is 1. The number of alkyl halides is 2. The summed E-state index contributed by atoms with van der Waals surface area (Å²) in [6.07, 6.45) is -0.182. The molecule has 0 unspecified atom stereocenters. The van der Waals surface area contributed by atoms with E-state index in [0.29, 0.717) is 18.8 Å². The molecule has 1 heterocycles. The maximum atomic E-state index is 13.0. The van der Waals surface area contributed by atoms with Crippen molar-refractivity contribution in [1.29, 1.82) is 0 Å². The summed E-state index contributed by atoms with van der Waals surface area (Å²) in [6.45, 7) is -2.01. The van der Waals surface area contributed by atoms with E-state index >= 15 is 0 Å². The Morgan fingerprint density at radius 3 is 2.55 bits per heavy atom. The lowest BCUT2D eigenvalue weighted by Crippen LogP contribution is -2.40. The standard InChI is InChI=1S/C20H22F2N2O6S/c1-28-17-7-6-14(12-18(17)31(26,27)24-8-10-29-11-9-24)13-19(25)23-15-4-2-3-5-16(15)30-20(21)22/h2-7,12,20H,8-11,13H2,1H3,(H,23,25). The third-order valence-electron chi connectivity index (χ3n) is 4.56. The van der Waals surface area contributed by atoms with Gasteiger partial charge >= 0.3 is 6.61 Å². The zero-order valence-electron chi connectivity index (χ0n) is 16.7. The third kappa shape index (κ3) is 5.69. The lowest BCUT2D eigenvalue weighted by molar-refractivity contribution is -0.115. The number of morpholine rings is 1. The van der Waals surface area contributed by atoms with Crippen molar-refractivity contribution in [3.05, 3.63) is 48.0 Å². The number of amides is 1. The van der Waals surface area contributed by atoms with Crippen molar-refractivity contribution >= 4 is 21.6 Å². The Morgan fingerprint density at radius 2 is 1.87 bits per heavy atom. The summed E-state index contributed by atoms with van der Waals surface area (Å²) in [7, 11) is -2.49. The second-order valence-corrected chi connectivity index (χ2v) is 8.51. The third-order valence-corrected chi connectivity index (χ3v) is 6.48. The number of para-hydroxylation sites is 2. The van der Waals surface area contributed by atoms with Gasteiger partial charge in [-0.2, -0.15) is 13.1 Å². The molecule has 31 heavy (non-hydrogen) atoms. The van der Waals surface area contributed by atoms with Crippen molar-refractivity contribution in [2.24, 2.45) is 0 Å². The zero-order chi connectivity index (χ0) is 22.4. The second kappa shape index (κ2) is 10.0. The minimum atomic E-state index is -3.85. The van der Waals surface area contributed by atoms with Crippen molar-refractivity contribution in [2.75, 3.05) is 38.7 Å². The molecule has 11 heteroatoms. The zero-order valence-corrected chi connectivity index (χ0v) is 17.5. The number of methoxy groups -OCH3 is 1. The normalized spacial score (nSPS) is 15.0. The van der Waals surface area contributed by atoms with E-state index in [1.165, 1.54) is 41.7 Å².